The Kier molecular flexibility index (Phi) is 2.76. The van der Waals surface area contributed by atoms with Crippen molar-refractivity contribution in [2.45, 2.75) is 11.4 Å². The molecule has 0 saturated heterocycles. The minimum absolute atomic E-state index is 0.738. The Bertz CT molecular complexity index is 603. The highest BCUT2D eigenvalue weighted by molar-refractivity contribution is 7.80. The van der Waals surface area contributed by atoms with E-state index in [1.54, 1.807) is 0 Å². The van der Waals surface area contributed by atoms with Crippen LogP contribution in [0.4, 0.5) is 0 Å². The second-order valence-corrected chi connectivity index (χ2v) is 4.98. The molecule has 3 rings (SSSR count). The van der Waals surface area contributed by atoms with Crippen LogP contribution in [-0.2, 0) is 6.54 Å². The normalized spacial score (nSPS) is 15.1. The van der Waals surface area contributed by atoms with E-state index < -0.39 is 0 Å². The quantitative estimate of drug-likeness (QED) is 0.803. The first kappa shape index (κ1) is 11.0. The van der Waals surface area contributed by atoms with Gasteiger partial charge in [0.1, 0.15) is 5.84 Å². The van der Waals surface area contributed by atoms with Crippen LogP contribution in [0, 0.1) is 0 Å². The number of halogens is 1. The van der Waals surface area contributed by atoms with Crippen molar-refractivity contribution in [2.75, 3.05) is 13.1 Å². The molecule has 0 unspecified atom stereocenters. The van der Waals surface area contributed by atoms with Gasteiger partial charge in [0, 0.05) is 33.6 Å². The third kappa shape index (κ3) is 2.03. The molecule has 1 aromatic carbocycles. The molecule has 1 aromatic heterocycles. The van der Waals surface area contributed by atoms with Gasteiger partial charge in [-0.25, -0.2) is 0 Å². The molecule has 3 nitrogen and oxygen atoms in total. The van der Waals surface area contributed by atoms with E-state index in [0.29, 0.717) is 0 Å². The fraction of sp³-hybridized carbons (Fsp3) is 0.250. The molecule has 1 aliphatic heterocycles. The molecule has 0 aliphatic carbocycles. The van der Waals surface area contributed by atoms with E-state index in [-0.39, 0.29) is 0 Å². The molecule has 2 aromatic rings. The van der Waals surface area contributed by atoms with Crippen LogP contribution in [0.3, 0.4) is 0 Å². The van der Waals surface area contributed by atoms with Gasteiger partial charge in [-0.05, 0) is 18.2 Å². The van der Waals surface area contributed by atoms with Gasteiger partial charge in [-0.15, -0.1) is 12.6 Å². The maximum Gasteiger partial charge on any atom is 0.117 e. The van der Waals surface area contributed by atoms with Crippen LogP contribution in [0.25, 0.3) is 10.9 Å². The molecule has 1 aliphatic rings. The third-order valence-electron chi connectivity index (χ3n) is 2.89. The topological polar surface area (TPSA) is 29.3 Å². The van der Waals surface area contributed by atoms with Crippen LogP contribution in [-0.4, -0.2) is 23.5 Å². The van der Waals surface area contributed by atoms with Crippen molar-refractivity contribution in [2.24, 2.45) is 4.99 Å². The van der Waals surface area contributed by atoms with Gasteiger partial charge < -0.3 is 9.88 Å². The summed E-state index contributed by atoms with van der Waals surface area (Å²) in [6, 6.07) is 5.87. The molecule has 5 heteroatoms. The average molecular weight is 266 g/mol. The van der Waals surface area contributed by atoms with Crippen LogP contribution in [0.1, 0.15) is 0 Å². The second-order valence-electron chi connectivity index (χ2n) is 4.06. The van der Waals surface area contributed by atoms with Crippen molar-refractivity contribution in [1.29, 1.82) is 0 Å². The fourth-order valence-corrected chi connectivity index (χ4v) is 2.59. The zero-order valence-corrected chi connectivity index (χ0v) is 10.8. The van der Waals surface area contributed by atoms with Crippen molar-refractivity contribution in [1.82, 2.24) is 9.88 Å². The van der Waals surface area contributed by atoms with Crippen molar-refractivity contribution in [3.8, 4) is 0 Å². The van der Waals surface area contributed by atoms with E-state index in [0.717, 1.165) is 46.3 Å². The van der Waals surface area contributed by atoms with Crippen molar-refractivity contribution >= 4 is 41.0 Å². The minimum atomic E-state index is 0.738. The van der Waals surface area contributed by atoms with Crippen LogP contribution in [0.5, 0.6) is 0 Å². The maximum absolute atomic E-state index is 5.99. The second kappa shape index (κ2) is 4.27. The first-order chi connectivity index (χ1) is 8.24. The number of aromatic nitrogens is 1. The van der Waals surface area contributed by atoms with Crippen LogP contribution in [0.15, 0.2) is 34.3 Å². The predicted octanol–water partition coefficient (Wildman–Crippen LogP) is 2.59. The Hall–Kier alpha value is -1.13. The molecule has 0 saturated carbocycles. The highest BCUT2D eigenvalue weighted by atomic mass is 35.5. The van der Waals surface area contributed by atoms with Crippen molar-refractivity contribution in [3.05, 3.63) is 29.4 Å². The summed E-state index contributed by atoms with van der Waals surface area (Å²) in [6.07, 6.45) is 2.02. The fourth-order valence-electron chi connectivity index (χ4n) is 2.10. The summed E-state index contributed by atoms with van der Waals surface area (Å²) in [5.41, 5.74) is 1.14. The summed E-state index contributed by atoms with van der Waals surface area (Å²) >= 11 is 10.5. The number of amidine groups is 1. The lowest BCUT2D eigenvalue weighted by molar-refractivity contribution is 0.857. The van der Waals surface area contributed by atoms with E-state index in [2.05, 4.69) is 27.5 Å². The van der Waals surface area contributed by atoms with Gasteiger partial charge in [-0.3, -0.25) is 4.99 Å². The maximum atomic E-state index is 5.99. The SMILES string of the molecule is Sc1cn(CC2=NCCN2)c2ccc(Cl)cc12. The lowest BCUT2D eigenvalue weighted by atomic mass is 10.2. The summed E-state index contributed by atoms with van der Waals surface area (Å²) in [5.74, 6) is 1.03. The molecule has 0 amide bonds. The molecular weight excluding hydrogens is 254 g/mol. The van der Waals surface area contributed by atoms with Gasteiger partial charge in [0.05, 0.1) is 13.1 Å². The van der Waals surface area contributed by atoms with E-state index in [1.807, 2.05) is 24.4 Å². The third-order valence-corrected chi connectivity index (χ3v) is 3.48. The number of benzene rings is 1. The first-order valence-corrected chi connectivity index (χ1v) is 6.31. The minimum Gasteiger partial charge on any atom is -0.370 e. The van der Waals surface area contributed by atoms with Crippen LogP contribution < -0.4 is 5.32 Å². The Balaban J connectivity index is 2.04. The summed E-state index contributed by atoms with van der Waals surface area (Å²) in [4.78, 5) is 5.34. The van der Waals surface area contributed by atoms with Crippen LogP contribution >= 0.6 is 24.2 Å². The molecule has 0 spiro atoms. The number of rotatable bonds is 2. The Morgan fingerprint density at radius 3 is 3.12 bits per heavy atom. The van der Waals surface area contributed by atoms with Crippen LogP contribution in [0.2, 0.25) is 5.02 Å². The number of hydrogen-bond acceptors (Lipinski definition) is 3. The van der Waals surface area contributed by atoms with Gasteiger partial charge in [-0.1, -0.05) is 11.6 Å². The van der Waals surface area contributed by atoms with E-state index in [4.69, 9.17) is 11.6 Å². The average Bonchev–Trinajstić information content (AvgIpc) is 2.89. The molecular formula is C12H12ClN3S. The van der Waals surface area contributed by atoms with Crippen molar-refractivity contribution in [3.63, 3.8) is 0 Å². The van der Waals surface area contributed by atoms with Gasteiger partial charge in [-0.2, -0.15) is 0 Å². The number of nitrogens with zero attached hydrogens (tertiary/aromatic N) is 2. The van der Waals surface area contributed by atoms with E-state index in [9.17, 15) is 0 Å². The van der Waals surface area contributed by atoms with Gasteiger partial charge >= 0.3 is 0 Å². The summed E-state index contributed by atoms with van der Waals surface area (Å²) in [5, 5.41) is 5.09. The zero-order valence-electron chi connectivity index (χ0n) is 9.15. The highest BCUT2D eigenvalue weighted by Crippen LogP contribution is 2.27. The number of thiol groups is 1. The predicted molar refractivity (Wildman–Crippen MR) is 74.5 cm³/mol. The summed E-state index contributed by atoms with van der Waals surface area (Å²) < 4.78 is 2.14. The number of aliphatic imine (C=N–C) groups is 1. The summed E-state index contributed by atoms with van der Waals surface area (Å²) in [7, 11) is 0. The monoisotopic (exact) mass is 265 g/mol. The molecule has 0 atom stereocenters. The van der Waals surface area contributed by atoms with Gasteiger partial charge in [0.25, 0.3) is 0 Å². The largest absolute Gasteiger partial charge is 0.370 e. The zero-order chi connectivity index (χ0) is 11.8. The molecule has 0 fully saturated rings. The highest BCUT2D eigenvalue weighted by Gasteiger charge is 2.10. The molecule has 17 heavy (non-hydrogen) atoms. The number of fused-ring (bicyclic) bond motifs is 1. The van der Waals surface area contributed by atoms with Gasteiger partial charge in [0.2, 0.25) is 0 Å². The summed E-state index contributed by atoms with van der Waals surface area (Å²) in [6.45, 7) is 2.57. The lowest BCUT2D eigenvalue weighted by Gasteiger charge is -2.05. The molecule has 2 heterocycles. The smallest absolute Gasteiger partial charge is 0.117 e. The Morgan fingerprint density at radius 2 is 2.35 bits per heavy atom. The van der Waals surface area contributed by atoms with Gasteiger partial charge in [0.15, 0.2) is 0 Å². The lowest BCUT2D eigenvalue weighted by Crippen LogP contribution is -2.23. The number of hydrogen-bond donors (Lipinski definition) is 2. The molecule has 88 valence electrons. The molecule has 0 bridgehead atoms. The van der Waals surface area contributed by atoms with E-state index >= 15 is 0 Å². The Morgan fingerprint density at radius 1 is 1.47 bits per heavy atom. The van der Waals surface area contributed by atoms with Crippen molar-refractivity contribution < 1.29 is 0 Å². The van der Waals surface area contributed by atoms with E-state index in [1.165, 1.54) is 0 Å². The number of nitrogens with one attached hydrogen (secondary N) is 1. The first-order valence-electron chi connectivity index (χ1n) is 5.48. The standard InChI is InChI=1S/C12H12ClN3S/c13-8-1-2-10-9(5-8)11(17)6-16(10)7-12-14-3-4-15-12/h1-2,5-6,17H,3-4,7H2,(H,14,15). The molecule has 1 N–H and O–H groups in total. The molecule has 0 radical (unpaired) electrons. The Labute approximate surface area is 110 Å².